The molecule has 2 heterocycles. The third-order valence-electron chi connectivity index (χ3n) is 4.55. The van der Waals surface area contributed by atoms with Gasteiger partial charge in [0.25, 0.3) is 5.91 Å². The third-order valence-corrected chi connectivity index (χ3v) is 5.48. The highest BCUT2D eigenvalue weighted by atomic mass is 32.1. The van der Waals surface area contributed by atoms with E-state index in [0.717, 1.165) is 44.7 Å². The largest absolute Gasteiger partial charge is 0.484 e. The van der Waals surface area contributed by atoms with Crippen molar-refractivity contribution >= 4 is 17.2 Å². The maximum atomic E-state index is 12.3. The summed E-state index contributed by atoms with van der Waals surface area (Å²) in [5.41, 5.74) is 0.949. The van der Waals surface area contributed by atoms with Crippen molar-refractivity contribution in [1.29, 1.82) is 5.26 Å². The van der Waals surface area contributed by atoms with Crippen LogP contribution in [0.4, 0.5) is 0 Å². The molecule has 0 spiro atoms. The van der Waals surface area contributed by atoms with Crippen LogP contribution in [0.5, 0.6) is 5.75 Å². The third kappa shape index (κ3) is 5.32. The number of hydrogen-bond acceptors (Lipinski definition) is 5. The highest BCUT2D eigenvalue weighted by Gasteiger charge is 2.21. The molecule has 6 heteroatoms. The molecule has 0 radical (unpaired) electrons. The van der Waals surface area contributed by atoms with Gasteiger partial charge in [-0.05, 0) is 35.6 Å². The molecule has 26 heavy (non-hydrogen) atoms. The maximum absolute atomic E-state index is 12.3. The number of hydrogen-bond donors (Lipinski definition) is 0. The van der Waals surface area contributed by atoms with Gasteiger partial charge in [0.1, 0.15) is 5.75 Å². The standard InChI is InChI=1S/C20H23N3O2S/c21-9-7-17-3-5-18(6-4-17)25-16-20(24)23-13-11-22(12-14-23)10-8-19-2-1-15-26-19/h1-6,15H,7-8,10-14,16H2. The zero-order chi connectivity index (χ0) is 18.2. The number of rotatable bonds is 7. The highest BCUT2D eigenvalue weighted by molar-refractivity contribution is 7.09. The van der Waals surface area contributed by atoms with Crippen LogP contribution >= 0.6 is 11.3 Å². The van der Waals surface area contributed by atoms with E-state index < -0.39 is 0 Å². The maximum Gasteiger partial charge on any atom is 0.260 e. The van der Waals surface area contributed by atoms with E-state index >= 15 is 0 Å². The minimum atomic E-state index is 0.0315. The van der Waals surface area contributed by atoms with Gasteiger partial charge in [-0.3, -0.25) is 9.69 Å². The average Bonchev–Trinajstić information content (AvgIpc) is 3.20. The molecular formula is C20H23N3O2S. The van der Waals surface area contributed by atoms with Crippen LogP contribution in [0.25, 0.3) is 0 Å². The lowest BCUT2D eigenvalue weighted by atomic mass is 10.2. The van der Waals surface area contributed by atoms with Gasteiger partial charge in [0.15, 0.2) is 6.61 Å². The lowest BCUT2D eigenvalue weighted by Gasteiger charge is -2.34. The Morgan fingerprint density at radius 2 is 1.92 bits per heavy atom. The zero-order valence-corrected chi connectivity index (χ0v) is 15.6. The van der Waals surface area contributed by atoms with Crippen LogP contribution in [0, 0.1) is 11.3 Å². The minimum absolute atomic E-state index is 0.0315. The van der Waals surface area contributed by atoms with Gasteiger partial charge in [-0.2, -0.15) is 5.26 Å². The molecule has 0 aliphatic carbocycles. The first-order valence-electron chi connectivity index (χ1n) is 8.86. The molecule has 1 saturated heterocycles. The zero-order valence-electron chi connectivity index (χ0n) is 14.8. The summed E-state index contributed by atoms with van der Waals surface area (Å²) in [4.78, 5) is 18.0. The van der Waals surface area contributed by atoms with E-state index in [1.165, 1.54) is 4.88 Å². The first kappa shape index (κ1) is 18.4. The SMILES string of the molecule is N#CCc1ccc(OCC(=O)N2CCN(CCc3cccs3)CC2)cc1. The van der Waals surface area contributed by atoms with E-state index in [1.807, 2.05) is 29.2 Å². The number of carbonyl (C=O) groups is 1. The van der Waals surface area contributed by atoms with E-state index in [4.69, 9.17) is 10.00 Å². The van der Waals surface area contributed by atoms with Crippen molar-refractivity contribution in [1.82, 2.24) is 9.80 Å². The van der Waals surface area contributed by atoms with E-state index in [2.05, 4.69) is 28.5 Å². The summed E-state index contributed by atoms with van der Waals surface area (Å²) in [7, 11) is 0. The first-order chi connectivity index (χ1) is 12.7. The molecule has 3 rings (SSSR count). The molecule has 1 aromatic heterocycles. The van der Waals surface area contributed by atoms with Gasteiger partial charge in [-0.1, -0.05) is 18.2 Å². The van der Waals surface area contributed by atoms with Crippen LogP contribution < -0.4 is 4.74 Å². The second kappa shape index (κ2) is 9.37. The fourth-order valence-electron chi connectivity index (χ4n) is 2.98. The van der Waals surface area contributed by atoms with Gasteiger partial charge in [0.05, 0.1) is 12.5 Å². The lowest BCUT2D eigenvalue weighted by molar-refractivity contribution is -0.135. The van der Waals surface area contributed by atoms with Gasteiger partial charge in [0, 0.05) is 37.6 Å². The van der Waals surface area contributed by atoms with Crippen molar-refractivity contribution in [2.75, 3.05) is 39.3 Å². The molecule has 2 aromatic rings. The van der Waals surface area contributed by atoms with E-state index in [1.54, 1.807) is 11.3 Å². The molecule has 0 saturated carbocycles. The number of piperazine rings is 1. The quantitative estimate of drug-likeness (QED) is 0.753. The molecule has 0 bridgehead atoms. The van der Waals surface area contributed by atoms with Gasteiger partial charge in [-0.25, -0.2) is 0 Å². The van der Waals surface area contributed by atoms with Crippen LogP contribution in [-0.2, 0) is 17.6 Å². The molecule has 1 aromatic carbocycles. The second-order valence-corrected chi connectivity index (χ2v) is 7.35. The molecule has 0 unspecified atom stereocenters. The van der Waals surface area contributed by atoms with E-state index in [0.29, 0.717) is 12.2 Å². The molecule has 1 fully saturated rings. The lowest BCUT2D eigenvalue weighted by Crippen LogP contribution is -2.50. The predicted molar refractivity (Wildman–Crippen MR) is 102 cm³/mol. The molecule has 0 atom stereocenters. The number of nitrogens with zero attached hydrogens (tertiary/aromatic N) is 3. The molecule has 1 amide bonds. The predicted octanol–water partition coefficient (Wildman–Crippen LogP) is 2.58. The van der Waals surface area contributed by atoms with Crippen molar-refractivity contribution < 1.29 is 9.53 Å². The number of nitriles is 1. The topological polar surface area (TPSA) is 56.6 Å². The Morgan fingerprint density at radius 1 is 1.15 bits per heavy atom. The molecule has 1 aliphatic heterocycles. The monoisotopic (exact) mass is 369 g/mol. The van der Waals surface area contributed by atoms with Crippen LogP contribution in [0.3, 0.4) is 0 Å². The number of benzene rings is 1. The second-order valence-electron chi connectivity index (χ2n) is 6.32. The summed E-state index contributed by atoms with van der Waals surface area (Å²) >= 11 is 1.80. The van der Waals surface area contributed by atoms with Gasteiger partial charge in [-0.15, -0.1) is 11.3 Å². The summed E-state index contributed by atoms with van der Waals surface area (Å²) in [6, 6.07) is 13.7. The van der Waals surface area contributed by atoms with Crippen LogP contribution in [0.2, 0.25) is 0 Å². The van der Waals surface area contributed by atoms with Crippen molar-refractivity contribution in [2.45, 2.75) is 12.8 Å². The van der Waals surface area contributed by atoms with Crippen LogP contribution in [0.15, 0.2) is 41.8 Å². The summed E-state index contributed by atoms with van der Waals surface area (Å²) in [5.74, 6) is 0.693. The van der Waals surface area contributed by atoms with Gasteiger partial charge < -0.3 is 9.64 Å². The number of carbonyl (C=O) groups excluding carboxylic acids is 1. The minimum Gasteiger partial charge on any atom is -0.484 e. The Hall–Kier alpha value is -2.36. The summed E-state index contributed by atoms with van der Waals surface area (Å²) in [6.07, 6.45) is 1.46. The summed E-state index contributed by atoms with van der Waals surface area (Å²) < 4.78 is 5.59. The normalized spacial score (nSPS) is 14.8. The molecular weight excluding hydrogens is 346 g/mol. The van der Waals surface area contributed by atoms with Gasteiger partial charge in [0.2, 0.25) is 0 Å². The summed E-state index contributed by atoms with van der Waals surface area (Å²) in [5, 5.41) is 10.8. The van der Waals surface area contributed by atoms with Crippen molar-refractivity contribution in [3.63, 3.8) is 0 Å². The molecule has 1 aliphatic rings. The smallest absolute Gasteiger partial charge is 0.260 e. The van der Waals surface area contributed by atoms with Crippen molar-refractivity contribution in [2.24, 2.45) is 0 Å². The Kier molecular flexibility index (Phi) is 6.64. The van der Waals surface area contributed by atoms with Crippen LogP contribution in [0.1, 0.15) is 10.4 Å². The molecule has 136 valence electrons. The molecule has 5 nitrogen and oxygen atoms in total. The van der Waals surface area contributed by atoms with Gasteiger partial charge >= 0.3 is 0 Å². The van der Waals surface area contributed by atoms with Crippen molar-refractivity contribution in [3.8, 4) is 11.8 Å². The number of thiophene rings is 1. The van der Waals surface area contributed by atoms with Crippen LogP contribution in [-0.4, -0.2) is 55.0 Å². The Morgan fingerprint density at radius 3 is 2.58 bits per heavy atom. The Bertz CT molecular complexity index is 729. The highest BCUT2D eigenvalue weighted by Crippen LogP contribution is 2.14. The fraction of sp³-hybridized carbons (Fsp3) is 0.400. The van der Waals surface area contributed by atoms with Crippen molar-refractivity contribution in [3.05, 3.63) is 52.2 Å². The molecule has 0 N–H and O–H groups in total. The average molecular weight is 369 g/mol. The Labute approximate surface area is 158 Å². The van der Waals surface area contributed by atoms with E-state index in [-0.39, 0.29) is 12.5 Å². The van der Waals surface area contributed by atoms with E-state index in [9.17, 15) is 4.79 Å². The Balaban J connectivity index is 1.37. The first-order valence-corrected chi connectivity index (χ1v) is 9.74. The fourth-order valence-corrected chi connectivity index (χ4v) is 3.67. The number of amides is 1. The number of ether oxygens (including phenoxy) is 1. The summed E-state index contributed by atoms with van der Waals surface area (Å²) in [6.45, 7) is 4.46.